The van der Waals surface area contributed by atoms with Gasteiger partial charge in [0.1, 0.15) is 0 Å². The molecule has 0 radical (unpaired) electrons. The van der Waals surface area contributed by atoms with Crippen LogP contribution in [-0.4, -0.2) is 34.8 Å². The minimum absolute atomic E-state index is 0.0184. The SMILES string of the molecule is CCCC(CCO)CNCC(O)c1ccc([N+](=O)[O-])cc1. The zero-order valence-corrected chi connectivity index (χ0v) is 12.4. The third kappa shape index (κ3) is 6.20. The minimum atomic E-state index is -0.692. The van der Waals surface area contributed by atoms with Crippen molar-refractivity contribution >= 4 is 5.69 Å². The van der Waals surface area contributed by atoms with Gasteiger partial charge in [0.05, 0.1) is 11.0 Å². The van der Waals surface area contributed by atoms with Crippen LogP contribution in [0.15, 0.2) is 24.3 Å². The van der Waals surface area contributed by atoms with Gasteiger partial charge in [-0.3, -0.25) is 10.1 Å². The Morgan fingerprint density at radius 1 is 1.24 bits per heavy atom. The Morgan fingerprint density at radius 2 is 1.90 bits per heavy atom. The van der Waals surface area contributed by atoms with Crippen LogP contribution in [0.4, 0.5) is 5.69 Å². The molecule has 3 N–H and O–H groups in total. The Bertz CT molecular complexity index is 416. The lowest BCUT2D eigenvalue weighted by Crippen LogP contribution is -2.28. The van der Waals surface area contributed by atoms with Gasteiger partial charge in [0.25, 0.3) is 5.69 Å². The van der Waals surface area contributed by atoms with Crippen LogP contribution in [0, 0.1) is 16.0 Å². The highest BCUT2D eigenvalue weighted by molar-refractivity contribution is 5.33. The number of hydrogen-bond acceptors (Lipinski definition) is 5. The van der Waals surface area contributed by atoms with Crippen molar-refractivity contribution < 1.29 is 15.1 Å². The quantitative estimate of drug-likeness (QED) is 0.453. The molecule has 21 heavy (non-hydrogen) atoms. The van der Waals surface area contributed by atoms with Crippen LogP contribution in [0.1, 0.15) is 37.9 Å². The summed E-state index contributed by atoms with van der Waals surface area (Å²) in [5, 5.41) is 32.8. The average molecular weight is 296 g/mol. The first-order valence-corrected chi connectivity index (χ1v) is 7.32. The number of nitrogens with zero attached hydrogens (tertiary/aromatic N) is 1. The molecule has 2 atom stereocenters. The van der Waals surface area contributed by atoms with E-state index in [1.165, 1.54) is 12.1 Å². The molecule has 1 aromatic carbocycles. The standard InChI is InChI=1S/C15H24N2O4/c1-2-3-12(8-9-18)10-16-11-15(19)13-4-6-14(7-5-13)17(20)21/h4-7,12,15-16,18-19H,2-3,8-11H2,1H3. The molecule has 0 saturated heterocycles. The van der Waals surface area contributed by atoms with E-state index in [9.17, 15) is 15.2 Å². The minimum Gasteiger partial charge on any atom is -0.396 e. The van der Waals surface area contributed by atoms with Gasteiger partial charge in [-0.25, -0.2) is 0 Å². The number of aliphatic hydroxyl groups excluding tert-OH is 2. The molecule has 0 aromatic heterocycles. The number of hydrogen-bond donors (Lipinski definition) is 3. The highest BCUT2D eigenvalue weighted by Gasteiger charge is 2.12. The van der Waals surface area contributed by atoms with Crippen molar-refractivity contribution in [3.8, 4) is 0 Å². The summed E-state index contributed by atoms with van der Waals surface area (Å²) >= 11 is 0. The van der Waals surface area contributed by atoms with Gasteiger partial charge in [0.15, 0.2) is 0 Å². The molecule has 2 unspecified atom stereocenters. The molecule has 0 spiro atoms. The highest BCUT2D eigenvalue weighted by atomic mass is 16.6. The Hall–Kier alpha value is -1.50. The van der Waals surface area contributed by atoms with Gasteiger partial charge in [0, 0.05) is 25.3 Å². The second kappa shape index (κ2) is 9.44. The van der Waals surface area contributed by atoms with Gasteiger partial charge in [0.2, 0.25) is 0 Å². The Morgan fingerprint density at radius 3 is 2.43 bits per heavy atom. The summed E-state index contributed by atoms with van der Waals surface area (Å²) < 4.78 is 0. The molecule has 0 saturated carbocycles. The fraction of sp³-hybridized carbons (Fsp3) is 0.600. The van der Waals surface area contributed by atoms with Crippen LogP contribution in [0.5, 0.6) is 0 Å². The monoisotopic (exact) mass is 296 g/mol. The number of benzene rings is 1. The zero-order chi connectivity index (χ0) is 15.7. The van der Waals surface area contributed by atoms with E-state index >= 15 is 0 Å². The summed E-state index contributed by atoms with van der Waals surface area (Å²) in [4.78, 5) is 10.1. The third-order valence-corrected chi connectivity index (χ3v) is 3.49. The molecule has 0 aliphatic carbocycles. The van der Waals surface area contributed by atoms with Gasteiger partial charge in [-0.2, -0.15) is 0 Å². The van der Waals surface area contributed by atoms with Crippen LogP contribution in [0.3, 0.4) is 0 Å². The van der Waals surface area contributed by atoms with Gasteiger partial charge < -0.3 is 15.5 Å². The molecule has 0 fully saturated rings. The van der Waals surface area contributed by atoms with E-state index in [1.807, 2.05) is 0 Å². The summed E-state index contributed by atoms with van der Waals surface area (Å²) in [6.07, 6.45) is 2.18. The van der Waals surface area contributed by atoms with E-state index in [0.717, 1.165) is 25.8 Å². The topological polar surface area (TPSA) is 95.6 Å². The van der Waals surface area contributed by atoms with Gasteiger partial charge in [-0.05, 0) is 43.0 Å². The van der Waals surface area contributed by atoms with Crippen molar-refractivity contribution in [3.63, 3.8) is 0 Å². The first-order valence-electron chi connectivity index (χ1n) is 7.32. The Labute approximate surface area is 125 Å². The summed E-state index contributed by atoms with van der Waals surface area (Å²) in [5.74, 6) is 0.407. The van der Waals surface area contributed by atoms with Crippen LogP contribution in [0.25, 0.3) is 0 Å². The van der Waals surface area contributed by atoms with Crippen LogP contribution in [-0.2, 0) is 0 Å². The number of nitro groups is 1. The molecular weight excluding hydrogens is 272 g/mol. The summed E-state index contributed by atoms with van der Waals surface area (Å²) in [5.41, 5.74) is 0.673. The average Bonchev–Trinajstić information content (AvgIpc) is 2.47. The third-order valence-electron chi connectivity index (χ3n) is 3.49. The normalized spacial score (nSPS) is 13.9. The predicted molar refractivity (Wildman–Crippen MR) is 81.0 cm³/mol. The largest absolute Gasteiger partial charge is 0.396 e. The maximum atomic E-state index is 10.6. The van der Waals surface area contributed by atoms with Crippen molar-refractivity contribution in [2.45, 2.75) is 32.3 Å². The molecule has 0 aliphatic rings. The molecule has 0 bridgehead atoms. The molecule has 0 heterocycles. The predicted octanol–water partition coefficient (Wildman–Crippen LogP) is 2.02. The molecule has 6 nitrogen and oxygen atoms in total. The van der Waals surface area contributed by atoms with Gasteiger partial charge in [-0.15, -0.1) is 0 Å². The summed E-state index contributed by atoms with van der Waals surface area (Å²) in [6, 6.07) is 5.93. The van der Waals surface area contributed by atoms with E-state index in [2.05, 4.69) is 12.2 Å². The molecule has 1 rings (SSSR count). The highest BCUT2D eigenvalue weighted by Crippen LogP contribution is 2.17. The number of nitro benzene ring substituents is 1. The fourth-order valence-electron chi connectivity index (χ4n) is 2.30. The summed E-state index contributed by atoms with van der Waals surface area (Å²) in [7, 11) is 0. The molecule has 0 aliphatic heterocycles. The van der Waals surface area contributed by atoms with Crippen LogP contribution >= 0.6 is 0 Å². The lowest BCUT2D eigenvalue weighted by Gasteiger charge is -2.17. The van der Waals surface area contributed by atoms with Crippen LogP contribution in [0.2, 0.25) is 0 Å². The molecule has 1 aromatic rings. The number of nitrogens with one attached hydrogen (secondary N) is 1. The number of non-ortho nitro benzene ring substituents is 1. The first-order chi connectivity index (χ1) is 10.1. The van der Waals surface area contributed by atoms with E-state index in [1.54, 1.807) is 12.1 Å². The first kappa shape index (κ1) is 17.6. The maximum absolute atomic E-state index is 10.6. The lowest BCUT2D eigenvalue weighted by molar-refractivity contribution is -0.384. The van der Waals surface area contributed by atoms with E-state index < -0.39 is 11.0 Å². The van der Waals surface area contributed by atoms with Gasteiger partial charge in [-0.1, -0.05) is 13.3 Å². The maximum Gasteiger partial charge on any atom is 0.269 e. The van der Waals surface area contributed by atoms with E-state index in [0.29, 0.717) is 18.0 Å². The van der Waals surface area contributed by atoms with Crippen molar-refractivity contribution in [1.29, 1.82) is 0 Å². The van der Waals surface area contributed by atoms with Crippen molar-refractivity contribution in [1.82, 2.24) is 5.32 Å². The zero-order valence-electron chi connectivity index (χ0n) is 12.4. The molecule has 0 amide bonds. The van der Waals surface area contributed by atoms with Crippen LogP contribution < -0.4 is 5.32 Å². The fourth-order valence-corrected chi connectivity index (χ4v) is 2.30. The Kier molecular flexibility index (Phi) is 7.89. The smallest absolute Gasteiger partial charge is 0.269 e. The van der Waals surface area contributed by atoms with E-state index in [4.69, 9.17) is 5.11 Å². The summed E-state index contributed by atoms with van der Waals surface area (Å²) in [6.45, 7) is 3.43. The second-order valence-electron chi connectivity index (χ2n) is 5.19. The number of aliphatic hydroxyl groups is 2. The number of rotatable bonds is 10. The molecular formula is C15H24N2O4. The molecule has 118 valence electrons. The van der Waals surface area contributed by atoms with Crippen molar-refractivity contribution in [3.05, 3.63) is 39.9 Å². The molecule has 6 heteroatoms. The van der Waals surface area contributed by atoms with E-state index in [-0.39, 0.29) is 12.3 Å². The van der Waals surface area contributed by atoms with Crippen molar-refractivity contribution in [2.75, 3.05) is 19.7 Å². The second-order valence-corrected chi connectivity index (χ2v) is 5.19. The van der Waals surface area contributed by atoms with Crippen molar-refractivity contribution in [2.24, 2.45) is 5.92 Å². The Balaban J connectivity index is 2.42. The van der Waals surface area contributed by atoms with Gasteiger partial charge >= 0.3 is 0 Å². The lowest BCUT2D eigenvalue weighted by atomic mass is 10.00.